The lowest BCUT2D eigenvalue weighted by Gasteiger charge is -2.14. The van der Waals surface area contributed by atoms with Gasteiger partial charge in [0.05, 0.1) is 37.3 Å². The number of rotatable bonds is 8. The van der Waals surface area contributed by atoms with E-state index in [1.807, 2.05) is 4.57 Å². The Morgan fingerprint density at radius 1 is 1.32 bits per heavy atom. The average Bonchev–Trinajstić information content (AvgIpc) is 3.26. The number of aromatic nitrogens is 4. The molecule has 1 fully saturated rings. The fourth-order valence-electron chi connectivity index (χ4n) is 4.40. The molecule has 4 heterocycles. The van der Waals surface area contributed by atoms with Crippen LogP contribution in [0.4, 0.5) is 4.39 Å². The number of hydrogen-bond acceptors (Lipinski definition) is 5. The zero-order chi connectivity index (χ0) is 23.7. The number of pyridine rings is 1. The maximum Gasteiger partial charge on any atom is 0.269 e. The molecule has 8 nitrogen and oxygen atoms in total. The van der Waals surface area contributed by atoms with Gasteiger partial charge in [0.15, 0.2) is 5.83 Å². The first kappa shape index (κ1) is 22.1. The van der Waals surface area contributed by atoms with Gasteiger partial charge in [0, 0.05) is 25.0 Å². The van der Waals surface area contributed by atoms with Crippen molar-refractivity contribution in [1.29, 1.82) is 0 Å². The number of hydrogen-bond donors (Lipinski definition) is 1. The fourth-order valence-corrected chi connectivity index (χ4v) is 4.40. The van der Waals surface area contributed by atoms with Crippen LogP contribution >= 0.6 is 0 Å². The van der Waals surface area contributed by atoms with Crippen molar-refractivity contribution in [2.24, 2.45) is 4.99 Å². The molecule has 0 saturated heterocycles. The van der Waals surface area contributed by atoms with Gasteiger partial charge in [-0.05, 0) is 43.7 Å². The normalized spacial score (nSPS) is 18.6. The molecule has 0 radical (unpaired) electrons. The number of carbonyl (C=O) groups excluding carboxylic acids is 1. The van der Waals surface area contributed by atoms with Crippen molar-refractivity contribution in [3.05, 3.63) is 77.9 Å². The first-order chi connectivity index (χ1) is 16.6. The van der Waals surface area contributed by atoms with Crippen LogP contribution in [-0.2, 0) is 11.2 Å². The molecular weight excluding hydrogens is 435 g/mol. The number of aliphatic imine (C=N–C) groups is 1. The molecule has 3 aromatic heterocycles. The zero-order valence-electron chi connectivity index (χ0n) is 19.2. The summed E-state index contributed by atoms with van der Waals surface area (Å²) in [5.41, 5.74) is 3.64. The van der Waals surface area contributed by atoms with Crippen molar-refractivity contribution in [3.63, 3.8) is 0 Å². The first-order valence-electron chi connectivity index (χ1n) is 11.5. The minimum atomic E-state index is -0.646. The van der Waals surface area contributed by atoms with E-state index >= 15 is 0 Å². The average molecular weight is 463 g/mol. The van der Waals surface area contributed by atoms with E-state index < -0.39 is 5.83 Å². The molecule has 1 N–H and O–H groups in total. The standard InChI is InChI=1S/C25H27FN6O2/c1-3-10-27-19(18(26)15-34-2)11-29-25(33)22-12-28-23-9-7-21(32(22)23)20-14-31-13-17(16-4-5-16)6-8-24(31)30-20/h3,6,8,10,12-16,21H,4-5,7,9,11H2,1-2H3,(H,29,33)/b10-3-,18-15-,27-19-. The molecule has 2 aliphatic rings. The Hall–Kier alpha value is -3.75. The monoisotopic (exact) mass is 462 g/mol. The summed E-state index contributed by atoms with van der Waals surface area (Å²) in [7, 11) is 1.35. The Balaban J connectivity index is 1.37. The number of halogens is 1. The zero-order valence-corrected chi connectivity index (χ0v) is 19.2. The third-order valence-corrected chi connectivity index (χ3v) is 6.23. The van der Waals surface area contributed by atoms with Crippen LogP contribution in [0.25, 0.3) is 5.65 Å². The summed E-state index contributed by atoms with van der Waals surface area (Å²) >= 11 is 0. The number of allylic oxidation sites excluding steroid dienone is 1. The second kappa shape index (κ2) is 9.24. The molecule has 0 spiro atoms. The van der Waals surface area contributed by atoms with E-state index in [9.17, 15) is 9.18 Å². The lowest BCUT2D eigenvalue weighted by Crippen LogP contribution is -2.32. The maximum absolute atomic E-state index is 14.3. The smallest absolute Gasteiger partial charge is 0.269 e. The van der Waals surface area contributed by atoms with Gasteiger partial charge in [-0.2, -0.15) is 0 Å². The van der Waals surface area contributed by atoms with Gasteiger partial charge < -0.3 is 19.0 Å². The predicted octanol–water partition coefficient (Wildman–Crippen LogP) is 4.11. The third-order valence-electron chi connectivity index (χ3n) is 6.23. The Labute approximate surface area is 196 Å². The van der Waals surface area contributed by atoms with Crippen molar-refractivity contribution >= 4 is 17.3 Å². The Kier molecular flexibility index (Phi) is 6.00. The lowest BCUT2D eigenvalue weighted by atomic mass is 10.1. The van der Waals surface area contributed by atoms with Gasteiger partial charge in [-0.3, -0.25) is 9.79 Å². The molecule has 1 aliphatic carbocycles. The Bertz CT molecular complexity index is 1310. The van der Waals surface area contributed by atoms with Gasteiger partial charge in [0.2, 0.25) is 0 Å². The maximum atomic E-state index is 14.3. The van der Waals surface area contributed by atoms with Crippen molar-refractivity contribution in [1.82, 2.24) is 24.3 Å². The molecular formula is C25H27FN6O2. The molecule has 0 aromatic carbocycles. The number of carbonyl (C=O) groups is 1. The van der Waals surface area contributed by atoms with Gasteiger partial charge >= 0.3 is 0 Å². The van der Waals surface area contributed by atoms with Gasteiger partial charge in [-0.15, -0.1) is 0 Å². The van der Waals surface area contributed by atoms with E-state index in [4.69, 9.17) is 9.72 Å². The number of fused-ring (bicyclic) bond motifs is 2. The SMILES string of the molecule is C\C=C/N=C(CNC(=O)c1cnc2n1C(c1cn3cc(C4CC4)ccc3n1)CC2)\C(F)=C\OC. The molecule has 1 saturated carbocycles. The summed E-state index contributed by atoms with van der Waals surface area (Å²) in [6.07, 6.45) is 14.0. The minimum Gasteiger partial charge on any atom is -0.501 e. The van der Waals surface area contributed by atoms with Crippen LogP contribution in [0.2, 0.25) is 0 Å². The highest BCUT2D eigenvalue weighted by Gasteiger charge is 2.31. The molecule has 1 unspecified atom stereocenters. The molecule has 0 bridgehead atoms. The lowest BCUT2D eigenvalue weighted by molar-refractivity contribution is 0.0949. The Morgan fingerprint density at radius 2 is 2.18 bits per heavy atom. The molecule has 176 valence electrons. The second-order valence-corrected chi connectivity index (χ2v) is 8.59. The summed E-state index contributed by atoms with van der Waals surface area (Å²) in [4.78, 5) is 26.4. The highest BCUT2D eigenvalue weighted by atomic mass is 19.1. The summed E-state index contributed by atoms with van der Waals surface area (Å²) in [6.45, 7) is 1.69. The van der Waals surface area contributed by atoms with E-state index in [0.717, 1.165) is 36.3 Å². The van der Waals surface area contributed by atoms with Crippen LogP contribution in [0.3, 0.4) is 0 Å². The van der Waals surface area contributed by atoms with Crippen LogP contribution in [0, 0.1) is 0 Å². The quantitative estimate of drug-likeness (QED) is 0.403. The number of nitrogens with one attached hydrogen (secondary N) is 1. The molecule has 9 heteroatoms. The number of methoxy groups -OCH3 is 1. The highest BCUT2D eigenvalue weighted by molar-refractivity contribution is 6.03. The molecule has 1 aliphatic heterocycles. The van der Waals surface area contributed by atoms with Crippen molar-refractivity contribution in [2.45, 2.75) is 44.6 Å². The van der Waals surface area contributed by atoms with E-state index in [2.05, 4.69) is 44.2 Å². The van der Waals surface area contributed by atoms with Gasteiger partial charge in [-0.25, -0.2) is 14.4 Å². The van der Waals surface area contributed by atoms with E-state index in [0.29, 0.717) is 11.6 Å². The van der Waals surface area contributed by atoms with Crippen LogP contribution < -0.4 is 5.32 Å². The summed E-state index contributed by atoms with van der Waals surface area (Å²) in [5, 5.41) is 2.76. The Morgan fingerprint density at radius 3 is 2.94 bits per heavy atom. The topological polar surface area (TPSA) is 85.8 Å². The molecule has 1 amide bonds. The summed E-state index contributed by atoms with van der Waals surface area (Å²) < 4.78 is 23.0. The van der Waals surface area contributed by atoms with Crippen molar-refractivity contribution < 1.29 is 13.9 Å². The first-order valence-corrected chi connectivity index (χ1v) is 11.5. The molecule has 1 atom stereocenters. The van der Waals surface area contributed by atoms with Gasteiger partial charge in [0.1, 0.15) is 23.4 Å². The molecule has 5 rings (SSSR count). The van der Waals surface area contributed by atoms with Crippen molar-refractivity contribution in [3.8, 4) is 0 Å². The minimum absolute atomic E-state index is 0.0674. The molecule has 3 aromatic rings. The van der Waals surface area contributed by atoms with Crippen molar-refractivity contribution in [2.75, 3.05) is 13.7 Å². The predicted molar refractivity (Wildman–Crippen MR) is 127 cm³/mol. The number of aryl methyl sites for hydroxylation is 1. The van der Waals surface area contributed by atoms with E-state index in [-0.39, 0.29) is 24.2 Å². The number of amides is 1. The number of nitrogens with zero attached hydrogens (tertiary/aromatic N) is 5. The largest absolute Gasteiger partial charge is 0.501 e. The second-order valence-electron chi connectivity index (χ2n) is 8.59. The summed E-state index contributed by atoms with van der Waals surface area (Å²) in [5.74, 6) is 0.526. The third kappa shape index (κ3) is 4.25. The number of ether oxygens (including phenoxy) is 1. The van der Waals surface area contributed by atoms with E-state index in [1.165, 1.54) is 31.7 Å². The van der Waals surface area contributed by atoms with Crippen LogP contribution in [0.1, 0.15) is 65.7 Å². The van der Waals surface area contributed by atoms with E-state index in [1.54, 1.807) is 19.2 Å². The fraction of sp³-hybridized carbons (Fsp3) is 0.360. The summed E-state index contributed by atoms with van der Waals surface area (Å²) in [6, 6.07) is 4.13. The van der Waals surface area contributed by atoms with Gasteiger partial charge in [-0.1, -0.05) is 12.1 Å². The van der Waals surface area contributed by atoms with Crippen LogP contribution in [0.15, 0.2) is 60.1 Å². The van der Waals surface area contributed by atoms with Crippen LogP contribution in [0.5, 0.6) is 0 Å². The molecule has 34 heavy (non-hydrogen) atoms. The number of imidazole rings is 2. The van der Waals surface area contributed by atoms with Gasteiger partial charge in [0.25, 0.3) is 5.91 Å². The highest BCUT2D eigenvalue weighted by Crippen LogP contribution is 2.40. The van der Waals surface area contributed by atoms with Crippen LogP contribution in [-0.4, -0.2) is 44.2 Å².